The van der Waals surface area contributed by atoms with Gasteiger partial charge in [0.25, 0.3) is 0 Å². The summed E-state index contributed by atoms with van der Waals surface area (Å²) in [5.41, 5.74) is -0.285. The maximum absolute atomic E-state index is 13.3. The summed E-state index contributed by atoms with van der Waals surface area (Å²) in [6, 6.07) is 4.81. The Morgan fingerprint density at radius 2 is 2.14 bits per heavy atom. The van der Waals surface area contributed by atoms with Crippen LogP contribution >= 0.6 is 0 Å². The van der Waals surface area contributed by atoms with Crippen LogP contribution in [0.25, 0.3) is 0 Å². The summed E-state index contributed by atoms with van der Waals surface area (Å²) in [6.07, 6.45) is 2.90. The molecule has 2 rings (SSSR count). The molecule has 1 fully saturated rings. The van der Waals surface area contributed by atoms with Gasteiger partial charge < -0.3 is 5.11 Å². The van der Waals surface area contributed by atoms with Crippen molar-refractivity contribution in [1.29, 1.82) is 5.26 Å². The molecule has 0 unspecified atom stereocenters. The van der Waals surface area contributed by atoms with E-state index in [4.69, 9.17) is 10.4 Å². The fourth-order valence-corrected chi connectivity index (χ4v) is 4.04. The fourth-order valence-electron chi connectivity index (χ4n) is 2.29. The quantitative estimate of drug-likeness (QED) is 0.865. The molecule has 0 heterocycles. The molecule has 1 aromatic rings. The third-order valence-electron chi connectivity index (χ3n) is 3.68. The number of nitriles is 1. The highest BCUT2D eigenvalue weighted by molar-refractivity contribution is 7.89. The van der Waals surface area contributed by atoms with E-state index in [-0.39, 0.29) is 29.7 Å². The number of aliphatic hydroxyl groups excluding tert-OH is 1. The first-order valence-electron chi connectivity index (χ1n) is 6.83. The summed E-state index contributed by atoms with van der Waals surface area (Å²) >= 11 is 0. The molecule has 1 saturated carbocycles. The van der Waals surface area contributed by atoms with Crippen molar-refractivity contribution in [2.75, 3.05) is 13.2 Å². The molecular formula is C14H17FN2O3S. The Kier molecular flexibility index (Phi) is 4.93. The van der Waals surface area contributed by atoms with Gasteiger partial charge in [-0.3, -0.25) is 0 Å². The van der Waals surface area contributed by atoms with Gasteiger partial charge in [0.05, 0.1) is 10.5 Å². The van der Waals surface area contributed by atoms with Gasteiger partial charge in [-0.05, 0) is 37.5 Å². The van der Waals surface area contributed by atoms with E-state index in [9.17, 15) is 12.8 Å². The Bertz CT molecular complexity index is 651. The SMILES string of the molecule is N#Cc1cc(S(=O)(=O)N(CCCO)C2CCC2)ccc1F. The average molecular weight is 312 g/mol. The molecule has 0 aliphatic heterocycles. The topological polar surface area (TPSA) is 81.4 Å². The van der Waals surface area contributed by atoms with E-state index in [0.717, 1.165) is 31.4 Å². The first-order chi connectivity index (χ1) is 10.0. The van der Waals surface area contributed by atoms with E-state index in [1.165, 1.54) is 10.4 Å². The molecule has 0 amide bonds. The normalized spacial score (nSPS) is 15.7. The second-order valence-electron chi connectivity index (χ2n) is 5.03. The van der Waals surface area contributed by atoms with Crippen LogP contribution < -0.4 is 0 Å². The van der Waals surface area contributed by atoms with E-state index in [0.29, 0.717) is 6.42 Å². The van der Waals surface area contributed by atoms with Crippen molar-refractivity contribution < 1.29 is 17.9 Å². The molecule has 0 spiro atoms. The second kappa shape index (κ2) is 6.52. The van der Waals surface area contributed by atoms with Crippen LogP contribution in [0, 0.1) is 17.1 Å². The minimum absolute atomic E-state index is 0.0721. The molecule has 5 nitrogen and oxygen atoms in total. The van der Waals surface area contributed by atoms with Gasteiger partial charge in [0.15, 0.2) is 0 Å². The first-order valence-corrected chi connectivity index (χ1v) is 8.27. The first kappa shape index (κ1) is 15.9. The van der Waals surface area contributed by atoms with E-state index in [2.05, 4.69) is 0 Å². The molecule has 1 N–H and O–H groups in total. The molecule has 21 heavy (non-hydrogen) atoms. The monoisotopic (exact) mass is 312 g/mol. The zero-order chi connectivity index (χ0) is 15.5. The van der Waals surface area contributed by atoms with Gasteiger partial charge in [0.1, 0.15) is 11.9 Å². The number of aliphatic hydroxyl groups is 1. The van der Waals surface area contributed by atoms with E-state index >= 15 is 0 Å². The Morgan fingerprint density at radius 1 is 1.43 bits per heavy atom. The number of rotatable bonds is 6. The minimum atomic E-state index is -3.78. The summed E-state index contributed by atoms with van der Waals surface area (Å²) in [4.78, 5) is -0.0784. The second-order valence-corrected chi connectivity index (χ2v) is 6.92. The van der Waals surface area contributed by atoms with Crippen LogP contribution in [0.5, 0.6) is 0 Å². The number of benzene rings is 1. The number of halogens is 1. The summed E-state index contributed by atoms with van der Waals surface area (Å²) in [6.45, 7) is 0.133. The Labute approximate surface area is 123 Å². The van der Waals surface area contributed by atoms with Crippen molar-refractivity contribution in [2.45, 2.75) is 36.6 Å². The van der Waals surface area contributed by atoms with Gasteiger partial charge in [-0.15, -0.1) is 0 Å². The van der Waals surface area contributed by atoms with E-state index in [1.54, 1.807) is 6.07 Å². The largest absolute Gasteiger partial charge is 0.396 e. The molecule has 0 bridgehead atoms. The van der Waals surface area contributed by atoms with E-state index in [1.807, 2.05) is 0 Å². The molecule has 114 valence electrons. The highest BCUT2D eigenvalue weighted by Gasteiger charge is 2.34. The third-order valence-corrected chi connectivity index (χ3v) is 5.63. The zero-order valence-electron chi connectivity index (χ0n) is 11.5. The van der Waals surface area contributed by atoms with Gasteiger partial charge >= 0.3 is 0 Å². The summed E-state index contributed by atoms with van der Waals surface area (Å²) in [5, 5.41) is 17.8. The summed E-state index contributed by atoms with van der Waals surface area (Å²) in [7, 11) is -3.78. The lowest BCUT2D eigenvalue weighted by Gasteiger charge is -2.36. The fraction of sp³-hybridized carbons (Fsp3) is 0.500. The van der Waals surface area contributed by atoms with Gasteiger partial charge in [0.2, 0.25) is 10.0 Å². The van der Waals surface area contributed by atoms with Crippen LogP contribution in [-0.4, -0.2) is 37.0 Å². The molecule has 0 saturated heterocycles. The van der Waals surface area contributed by atoms with Crippen molar-refractivity contribution in [1.82, 2.24) is 4.31 Å². The van der Waals surface area contributed by atoms with Gasteiger partial charge in [0, 0.05) is 19.2 Å². The molecule has 1 aliphatic rings. The van der Waals surface area contributed by atoms with Crippen molar-refractivity contribution >= 4 is 10.0 Å². The molecule has 1 aliphatic carbocycles. The van der Waals surface area contributed by atoms with Crippen LogP contribution in [0.1, 0.15) is 31.2 Å². The maximum atomic E-state index is 13.3. The van der Waals surface area contributed by atoms with Crippen LogP contribution in [0.4, 0.5) is 4.39 Å². The van der Waals surface area contributed by atoms with Crippen molar-refractivity contribution in [3.8, 4) is 6.07 Å². The lowest BCUT2D eigenvalue weighted by atomic mass is 9.93. The smallest absolute Gasteiger partial charge is 0.243 e. The molecule has 0 aromatic heterocycles. The number of hydrogen-bond donors (Lipinski definition) is 1. The number of nitrogens with zero attached hydrogens (tertiary/aromatic N) is 2. The van der Waals surface area contributed by atoms with E-state index < -0.39 is 15.8 Å². The molecular weight excluding hydrogens is 295 g/mol. The van der Waals surface area contributed by atoms with Crippen molar-refractivity contribution in [3.63, 3.8) is 0 Å². The summed E-state index contributed by atoms with van der Waals surface area (Å²) in [5.74, 6) is -0.734. The Hall–Kier alpha value is -1.49. The average Bonchev–Trinajstić information content (AvgIpc) is 2.41. The van der Waals surface area contributed by atoms with Gasteiger partial charge in [-0.2, -0.15) is 9.57 Å². The highest BCUT2D eigenvalue weighted by atomic mass is 32.2. The van der Waals surface area contributed by atoms with Crippen molar-refractivity contribution in [2.24, 2.45) is 0 Å². The Balaban J connectivity index is 2.35. The van der Waals surface area contributed by atoms with Crippen LogP contribution in [0.3, 0.4) is 0 Å². The minimum Gasteiger partial charge on any atom is -0.396 e. The predicted molar refractivity (Wildman–Crippen MR) is 74.3 cm³/mol. The number of sulfonamides is 1. The van der Waals surface area contributed by atoms with Crippen LogP contribution in [0.15, 0.2) is 23.1 Å². The number of hydrogen-bond acceptors (Lipinski definition) is 4. The predicted octanol–water partition coefficient (Wildman–Crippen LogP) is 1.62. The zero-order valence-corrected chi connectivity index (χ0v) is 12.3. The third kappa shape index (κ3) is 3.23. The standard InChI is InChI=1S/C14H17FN2O3S/c15-14-6-5-13(9-11(14)10-16)21(19,20)17(7-2-8-18)12-3-1-4-12/h5-6,9,12,18H,1-4,7-8H2. The maximum Gasteiger partial charge on any atom is 0.243 e. The molecule has 7 heteroatoms. The van der Waals surface area contributed by atoms with Crippen LogP contribution in [-0.2, 0) is 10.0 Å². The van der Waals surface area contributed by atoms with Crippen LogP contribution in [0.2, 0.25) is 0 Å². The molecule has 0 radical (unpaired) electrons. The lowest BCUT2D eigenvalue weighted by molar-refractivity contribution is 0.198. The van der Waals surface area contributed by atoms with Crippen molar-refractivity contribution in [3.05, 3.63) is 29.6 Å². The molecule has 0 atom stereocenters. The van der Waals surface area contributed by atoms with Gasteiger partial charge in [-0.25, -0.2) is 12.8 Å². The summed E-state index contributed by atoms with van der Waals surface area (Å²) < 4.78 is 40.0. The Morgan fingerprint density at radius 3 is 2.67 bits per heavy atom. The highest BCUT2D eigenvalue weighted by Crippen LogP contribution is 2.30. The lowest BCUT2D eigenvalue weighted by Crippen LogP contribution is -2.44. The molecule has 1 aromatic carbocycles. The van der Waals surface area contributed by atoms with Gasteiger partial charge in [-0.1, -0.05) is 6.42 Å².